The molecule has 3 atom stereocenters. The number of rotatable bonds is 39. The minimum atomic E-state index is -1.50. The van der Waals surface area contributed by atoms with Crippen LogP contribution >= 0.6 is 0 Å². The molecule has 0 radical (unpaired) electrons. The maximum absolute atomic E-state index is 12.4. The first-order chi connectivity index (χ1) is 41.6. The Morgan fingerprint density at radius 1 is 0.552 bits per heavy atom. The Balaban J connectivity index is 1.24. The van der Waals surface area contributed by atoms with Crippen molar-refractivity contribution in [3.05, 3.63) is 29.8 Å². The minimum absolute atomic E-state index is 0.0365. The standard InChI is InChI=1S/C57H92N14O16/c1-3-65-25-26-66(4-2)29-34-70(38-49(77)78)43(36-68(28-27-65)37-48(75)76)35-41-17-19-42(20-18-41)59-54-62-55(64-56(63-54)71(39-50(79)80)40-51(81)82)69-32-30-67(31-33-69)24-14-10-8-6-5-7-9-11-16-46(72)58-23-13-12-15-44(52(83)84)60-57(87)61-45(53(85)86)21-22-47(73)74/h17-20,43-45H,3-16,21-40H2,1-2H3,(H,58,72)(H,73,74)(H,75,76)(H,77,78)(H,79,80)(H,81,82)(H,83,84)(H,85,86)(H2,60,61,87)(H,59,62,63,64)/t43?,44-,45-/m0/s1. The van der Waals surface area contributed by atoms with Crippen LogP contribution in [0.5, 0.6) is 0 Å². The summed E-state index contributed by atoms with van der Waals surface area (Å²) in [6, 6.07) is 3.22. The Kier molecular flexibility index (Phi) is 32.5. The first-order valence-corrected chi connectivity index (χ1v) is 30.2. The van der Waals surface area contributed by atoms with Crippen molar-refractivity contribution in [2.45, 2.75) is 128 Å². The second-order valence-corrected chi connectivity index (χ2v) is 22.0. The van der Waals surface area contributed by atoms with Gasteiger partial charge in [-0.25, -0.2) is 14.4 Å². The van der Waals surface area contributed by atoms with Crippen LogP contribution in [0.3, 0.4) is 0 Å². The maximum Gasteiger partial charge on any atom is 0.326 e. The summed E-state index contributed by atoms with van der Waals surface area (Å²) in [6.07, 6.45) is 8.68. The zero-order valence-electron chi connectivity index (χ0n) is 50.4. The number of aromatic nitrogens is 3. The van der Waals surface area contributed by atoms with E-state index in [0.717, 1.165) is 94.6 Å². The number of carboxylic acids is 7. The molecule has 0 aliphatic carbocycles. The number of nitrogens with zero attached hydrogens (tertiary/aromatic N) is 10. The highest BCUT2D eigenvalue weighted by Gasteiger charge is 2.29. The number of hydrogen-bond acceptors (Lipinski definition) is 20. The van der Waals surface area contributed by atoms with Gasteiger partial charge in [0.15, 0.2) is 0 Å². The molecular formula is C57H92N14O16. The SMILES string of the molecule is CCN1CCN(CC)CCN(CC(=O)O)C(Cc2ccc(Nc3nc(N4CCN(CCCCCCCCCCC(=O)NCCCC[C@H](NC(=O)N[C@@H](CCC(=O)O)C(=O)O)C(=O)O)CC4)nc(N(CC(=O)O)CC(=O)O)n3)cc2)CN(CC(=O)O)CC1. The first-order valence-electron chi connectivity index (χ1n) is 30.2. The Labute approximate surface area is 507 Å². The van der Waals surface area contributed by atoms with Gasteiger partial charge in [-0.3, -0.25) is 43.5 Å². The molecule has 0 spiro atoms. The van der Waals surface area contributed by atoms with Gasteiger partial charge in [-0.15, -0.1) is 0 Å². The van der Waals surface area contributed by atoms with Crippen LogP contribution in [0.2, 0.25) is 0 Å². The van der Waals surface area contributed by atoms with Gasteiger partial charge in [-0.1, -0.05) is 64.5 Å². The average molecular weight is 1230 g/mol. The van der Waals surface area contributed by atoms with Crippen LogP contribution in [0.15, 0.2) is 24.3 Å². The third-order valence-corrected chi connectivity index (χ3v) is 15.4. The Bertz CT molecular complexity index is 2490. The van der Waals surface area contributed by atoms with Crippen molar-refractivity contribution in [3.8, 4) is 0 Å². The fourth-order valence-electron chi connectivity index (χ4n) is 10.4. The van der Waals surface area contributed by atoms with Gasteiger partial charge in [0.05, 0.1) is 13.1 Å². The van der Waals surface area contributed by atoms with Gasteiger partial charge in [-0.2, -0.15) is 15.0 Å². The number of aliphatic carboxylic acids is 7. The van der Waals surface area contributed by atoms with Gasteiger partial charge in [0.2, 0.25) is 23.8 Å². The maximum atomic E-state index is 12.4. The van der Waals surface area contributed by atoms with Crippen LogP contribution in [0.4, 0.5) is 28.3 Å². The molecule has 0 bridgehead atoms. The van der Waals surface area contributed by atoms with Crippen molar-refractivity contribution < 1.29 is 78.9 Å². The molecule has 2 aliphatic heterocycles. The van der Waals surface area contributed by atoms with E-state index < -0.39 is 79.4 Å². The highest BCUT2D eigenvalue weighted by atomic mass is 16.4. The van der Waals surface area contributed by atoms with E-state index in [1.54, 1.807) is 0 Å². The minimum Gasteiger partial charge on any atom is -0.481 e. The lowest BCUT2D eigenvalue weighted by molar-refractivity contribution is -0.141. The predicted molar refractivity (Wildman–Crippen MR) is 320 cm³/mol. The quantitative estimate of drug-likeness (QED) is 0.0426. The molecule has 30 heteroatoms. The summed E-state index contributed by atoms with van der Waals surface area (Å²) in [7, 11) is 0. The molecule has 2 saturated heterocycles. The van der Waals surface area contributed by atoms with Crippen molar-refractivity contribution in [2.24, 2.45) is 0 Å². The molecule has 2 fully saturated rings. The topological polar surface area (TPSA) is 405 Å². The van der Waals surface area contributed by atoms with Crippen LogP contribution in [-0.4, -0.2) is 271 Å². The van der Waals surface area contributed by atoms with Crippen molar-refractivity contribution in [2.75, 3.05) is 139 Å². The fraction of sp³-hybridized carbons (Fsp3) is 0.684. The molecule has 486 valence electrons. The van der Waals surface area contributed by atoms with Gasteiger partial charge >= 0.3 is 47.8 Å². The lowest BCUT2D eigenvalue weighted by Gasteiger charge is -2.37. The molecule has 0 saturated carbocycles. The number of likely N-dealkylation sites (N-methyl/N-ethyl adjacent to an activating group) is 2. The van der Waals surface area contributed by atoms with E-state index in [1.165, 1.54) is 0 Å². The van der Waals surface area contributed by atoms with E-state index in [9.17, 15) is 73.8 Å². The molecule has 11 N–H and O–H groups in total. The third-order valence-electron chi connectivity index (χ3n) is 15.4. The van der Waals surface area contributed by atoms with E-state index in [1.807, 2.05) is 39.0 Å². The number of urea groups is 1. The van der Waals surface area contributed by atoms with Crippen molar-refractivity contribution in [1.82, 2.24) is 55.4 Å². The summed E-state index contributed by atoms with van der Waals surface area (Å²) >= 11 is 0. The number of hydrogen-bond donors (Lipinski definition) is 11. The number of piperazine rings is 1. The highest BCUT2D eigenvalue weighted by molar-refractivity contribution is 5.86. The molecule has 3 heterocycles. The molecule has 1 aromatic heterocycles. The molecule has 3 amide bonds. The lowest BCUT2D eigenvalue weighted by Crippen LogP contribution is -2.52. The molecule has 4 rings (SSSR count). The second-order valence-electron chi connectivity index (χ2n) is 22.0. The van der Waals surface area contributed by atoms with Crippen molar-refractivity contribution in [1.29, 1.82) is 0 Å². The summed E-state index contributed by atoms with van der Waals surface area (Å²) in [4.78, 5) is 134. The Morgan fingerprint density at radius 3 is 1.64 bits per heavy atom. The van der Waals surface area contributed by atoms with E-state index in [4.69, 9.17) is 10.1 Å². The summed E-state index contributed by atoms with van der Waals surface area (Å²) in [6.45, 7) is 12.1. The van der Waals surface area contributed by atoms with E-state index in [2.05, 4.69) is 59.8 Å². The summed E-state index contributed by atoms with van der Waals surface area (Å²) < 4.78 is 0. The molecule has 87 heavy (non-hydrogen) atoms. The van der Waals surface area contributed by atoms with Gasteiger partial charge in [0, 0.05) is 103 Å². The second kappa shape index (κ2) is 39.3. The van der Waals surface area contributed by atoms with Crippen LogP contribution in [0.25, 0.3) is 0 Å². The number of carbonyl (C=O) groups is 9. The number of anilines is 4. The molecule has 1 unspecified atom stereocenters. The molecular weight excluding hydrogens is 1140 g/mol. The van der Waals surface area contributed by atoms with Crippen LogP contribution in [0.1, 0.15) is 109 Å². The van der Waals surface area contributed by atoms with Crippen molar-refractivity contribution >= 4 is 77.3 Å². The summed E-state index contributed by atoms with van der Waals surface area (Å²) in [5.41, 5.74) is 1.45. The Morgan fingerprint density at radius 2 is 1.09 bits per heavy atom. The smallest absolute Gasteiger partial charge is 0.326 e. The monoisotopic (exact) mass is 1230 g/mol. The van der Waals surface area contributed by atoms with Gasteiger partial charge in [0.25, 0.3) is 0 Å². The number of benzene rings is 1. The first kappa shape index (κ1) is 71.9. The molecule has 2 aliphatic rings. The zero-order valence-corrected chi connectivity index (χ0v) is 50.4. The van der Waals surface area contributed by atoms with Crippen LogP contribution in [-0.2, 0) is 44.8 Å². The fourth-order valence-corrected chi connectivity index (χ4v) is 10.4. The molecule has 30 nitrogen and oxygen atoms in total. The Hall–Kier alpha value is -7.54. The molecule has 1 aromatic carbocycles. The van der Waals surface area contributed by atoms with Crippen LogP contribution < -0.4 is 31.1 Å². The highest BCUT2D eigenvalue weighted by Crippen LogP contribution is 2.23. The molecule has 2 aromatic rings. The zero-order chi connectivity index (χ0) is 63.7. The number of carbonyl (C=O) groups excluding carboxylic acids is 2. The third kappa shape index (κ3) is 29.1. The number of unbranched alkanes of at least 4 members (excludes halogenated alkanes) is 8. The number of amides is 3. The largest absolute Gasteiger partial charge is 0.481 e. The average Bonchev–Trinajstić information content (AvgIpc) is 2.92. The van der Waals surface area contributed by atoms with Crippen molar-refractivity contribution in [3.63, 3.8) is 0 Å². The predicted octanol–water partition coefficient (Wildman–Crippen LogP) is 1.92. The van der Waals surface area contributed by atoms with Crippen LogP contribution in [0, 0.1) is 0 Å². The van der Waals surface area contributed by atoms with Gasteiger partial charge < -0.3 is 76.6 Å². The normalized spacial score (nSPS) is 16.8. The lowest BCUT2D eigenvalue weighted by atomic mass is 10.0. The van der Waals surface area contributed by atoms with E-state index in [-0.39, 0.29) is 55.7 Å². The number of nitrogens with one attached hydrogen (secondary N) is 4. The summed E-state index contributed by atoms with van der Waals surface area (Å²) in [5, 5.41) is 77.2. The van der Waals surface area contributed by atoms with E-state index in [0.29, 0.717) is 96.8 Å². The van der Waals surface area contributed by atoms with Gasteiger partial charge in [-0.05, 0) is 82.3 Å². The summed E-state index contributed by atoms with van der Waals surface area (Å²) in [5.74, 6) is -8.38. The number of carboxylic acid groups (broad SMARTS) is 7. The van der Waals surface area contributed by atoms with Gasteiger partial charge in [0.1, 0.15) is 25.2 Å². The van der Waals surface area contributed by atoms with E-state index >= 15 is 0 Å².